The molecule has 1 unspecified atom stereocenters. The number of hydrogen-bond donors (Lipinski definition) is 1. The quantitative estimate of drug-likeness (QED) is 0.705. The lowest BCUT2D eigenvalue weighted by Crippen LogP contribution is -2.49. The van der Waals surface area contributed by atoms with E-state index in [0.717, 1.165) is 21.8 Å². The van der Waals surface area contributed by atoms with Crippen molar-refractivity contribution in [3.05, 3.63) is 41.3 Å². The van der Waals surface area contributed by atoms with E-state index in [2.05, 4.69) is 15.3 Å². The minimum absolute atomic E-state index is 0.0706. The van der Waals surface area contributed by atoms with Gasteiger partial charge in [-0.1, -0.05) is 17.7 Å². The van der Waals surface area contributed by atoms with Crippen molar-refractivity contribution in [2.45, 2.75) is 29.7 Å². The molecule has 152 valence electrons. The van der Waals surface area contributed by atoms with Crippen LogP contribution in [-0.4, -0.2) is 58.9 Å². The zero-order chi connectivity index (χ0) is 20.4. The molecule has 3 heterocycles. The summed E-state index contributed by atoms with van der Waals surface area (Å²) in [4.78, 5) is 35.3. The van der Waals surface area contributed by atoms with Crippen LogP contribution < -0.4 is 5.32 Å². The van der Waals surface area contributed by atoms with Crippen LogP contribution in [0.3, 0.4) is 0 Å². The van der Waals surface area contributed by atoms with E-state index in [4.69, 9.17) is 16.3 Å². The fourth-order valence-corrected chi connectivity index (χ4v) is 4.21. The highest BCUT2D eigenvalue weighted by molar-refractivity contribution is 7.98. The molecular formula is C20H21ClN4O3S. The Morgan fingerprint density at radius 1 is 1.34 bits per heavy atom. The van der Waals surface area contributed by atoms with Crippen molar-refractivity contribution in [3.63, 3.8) is 0 Å². The minimum Gasteiger partial charge on any atom is -0.447 e. The highest BCUT2D eigenvalue weighted by Crippen LogP contribution is 2.31. The van der Waals surface area contributed by atoms with Crippen molar-refractivity contribution in [2.24, 2.45) is 0 Å². The molecule has 1 atom stereocenters. The van der Waals surface area contributed by atoms with Gasteiger partial charge in [0, 0.05) is 42.1 Å². The maximum Gasteiger partial charge on any atom is 0.407 e. The Morgan fingerprint density at radius 2 is 2.17 bits per heavy atom. The molecule has 2 aliphatic heterocycles. The second-order valence-corrected chi connectivity index (χ2v) is 8.43. The minimum atomic E-state index is -0.407. The van der Waals surface area contributed by atoms with Crippen LogP contribution in [0.15, 0.2) is 35.5 Å². The highest BCUT2D eigenvalue weighted by Gasteiger charge is 2.33. The van der Waals surface area contributed by atoms with Crippen LogP contribution in [0.2, 0.25) is 5.02 Å². The Hall–Kier alpha value is -2.32. The number of rotatable bonds is 6. The van der Waals surface area contributed by atoms with Gasteiger partial charge in [0.1, 0.15) is 6.61 Å². The number of alkyl carbamates (subject to hydrolysis) is 1. The highest BCUT2D eigenvalue weighted by atomic mass is 35.5. The van der Waals surface area contributed by atoms with E-state index in [0.29, 0.717) is 37.6 Å². The van der Waals surface area contributed by atoms with Crippen molar-refractivity contribution in [1.82, 2.24) is 20.2 Å². The largest absolute Gasteiger partial charge is 0.447 e. The number of hydrogen-bond acceptors (Lipinski definition) is 6. The first-order valence-electron chi connectivity index (χ1n) is 9.40. The van der Waals surface area contributed by atoms with Crippen molar-refractivity contribution in [1.29, 1.82) is 0 Å². The first-order chi connectivity index (χ1) is 14.0. The lowest BCUT2D eigenvalue weighted by Gasteiger charge is -2.39. The molecule has 0 radical (unpaired) electrons. The maximum absolute atomic E-state index is 12.3. The predicted octanol–water partition coefficient (Wildman–Crippen LogP) is 3.33. The number of cyclic esters (lactones) is 1. The molecule has 0 spiro atoms. The maximum atomic E-state index is 12.3. The summed E-state index contributed by atoms with van der Waals surface area (Å²) < 4.78 is 4.83. The van der Waals surface area contributed by atoms with Crippen molar-refractivity contribution >= 4 is 35.4 Å². The first kappa shape index (κ1) is 20.0. The summed E-state index contributed by atoms with van der Waals surface area (Å²) in [5.41, 5.74) is 2.47. The number of nitrogens with one attached hydrogen (secondary N) is 1. The van der Waals surface area contributed by atoms with E-state index in [1.807, 2.05) is 29.4 Å². The molecule has 2 amide bonds. The summed E-state index contributed by atoms with van der Waals surface area (Å²) in [6.07, 6.45) is 6.10. The van der Waals surface area contributed by atoms with Crippen LogP contribution in [0.4, 0.5) is 4.79 Å². The molecule has 9 heteroatoms. The number of likely N-dealkylation sites (tertiary alicyclic amines) is 1. The van der Waals surface area contributed by atoms with Crippen LogP contribution in [-0.2, 0) is 9.53 Å². The number of thioether (sulfide) groups is 1. The van der Waals surface area contributed by atoms with E-state index in [9.17, 15) is 9.59 Å². The monoisotopic (exact) mass is 432 g/mol. The standard InChI is InChI=1S/C20H21ClN4O3S/c1-29-14-3-4-15(16(21)6-14)18-8-22-17(7-23-18)12-9-25(10-12)19(26)5-2-13-11-28-20(27)24-13/h3-4,6-8,12-13H,2,5,9-11H2,1H3,(H,24,27). The fraction of sp³-hybridized carbons (Fsp3) is 0.400. The molecule has 0 bridgehead atoms. The van der Waals surface area contributed by atoms with Crippen LogP contribution in [0.5, 0.6) is 0 Å². The Bertz CT molecular complexity index is 918. The van der Waals surface area contributed by atoms with Gasteiger partial charge in [0.25, 0.3) is 0 Å². The van der Waals surface area contributed by atoms with Crippen molar-refractivity contribution in [2.75, 3.05) is 26.0 Å². The van der Waals surface area contributed by atoms with E-state index >= 15 is 0 Å². The second kappa shape index (κ2) is 8.59. The Labute approximate surface area is 178 Å². The van der Waals surface area contributed by atoms with Gasteiger partial charge < -0.3 is 15.0 Å². The number of amides is 2. The van der Waals surface area contributed by atoms with E-state index in [-0.39, 0.29) is 17.9 Å². The summed E-state index contributed by atoms with van der Waals surface area (Å²) in [5.74, 6) is 0.289. The summed E-state index contributed by atoms with van der Waals surface area (Å²) in [6.45, 7) is 1.62. The number of benzene rings is 1. The van der Waals surface area contributed by atoms with Gasteiger partial charge in [-0.05, 0) is 24.8 Å². The number of carbonyl (C=O) groups excluding carboxylic acids is 2. The third-order valence-electron chi connectivity index (χ3n) is 5.22. The average Bonchev–Trinajstić information content (AvgIpc) is 3.11. The number of ether oxygens (including phenoxy) is 1. The number of nitrogens with zero attached hydrogens (tertiary/aromatic N) is 3. The third kappa shape index (κ3) is 4.48. The molecule has 2 aliphatic rings. The Kier molecular flexibility index (Phi) is 5.91. The van der Waals surface area contributed by atoms with Crippen molar-refractivity contribution < 1.29 is 14.3 Å². The summed E-state index contributed by atoms with van der Waals surface area (Å²) in [6, 6.07) is 5.83. The van der Waals surface area contributed by atoms with Gasteiger partial charge in [0.2, 0.25) is 5.91 Å². The van der Waals surface area contributed by atoms with Crippen LogP contribution in [0.25, 0.3) is 11.3 Å². The van der Waals surface area contributed by atoms with Gasteiger partial charge in [-0.2, -0.15) is 0 Å². The number of carbonyl (C=O) groups is 2. The molecule has 1 aromatic carbocycles. The number of halogens is 1. The normalized spacial score (nSPS) is 18.9. The van der Waals surface area contributed by atoms with Crippen LogP contribution in [0.1, 0.15) is 24.5 Å². The lowest BCUT2D eigenvalue weighted by atomic mass is 9.95. The van der Waals surface area contributed by atoms with E-state index in [1.165, 1.54) is 0 Å². The van der Waals surface area contributed by atoms with E-state index in [1.54, 1.807) is 24.2 Å². The molecule has 2 fully saturated rings. The van der Waals surface area contributed by atoms with Gasteiger partial charge in [-0.15, -0.1) is 11.8 Å². The van der Waals surface area contributed by atoms with Gasteiger partial charge in [-0.3, -0.25) is 14.8 Å². The zero-order valence-electron chi connectivity index (χ0n) is 15.9. The fourth-order valence-electron chi connectivity index (χ4n) is 3.43. The predicted molar refractivity (Wildman–Crippen MR) is 111 cm³/mol. The van der Waals surface area contributed by atoms with Gasteiger partial charge >= 0.3 is 6.09 Å². The zero-order valence-corrected chi connectivity index (χ0v) is 17.5. The van der Waals surface area contributed by atoms with Gasteiger partial charge in [0.05, 0.1) is 28.6 Å². The van der Waals surface area contributed by atoms with Crippen LogP contribution >= 0.6 is 23.4 Å². The van der Waals surface area contributed by atoms with Crippen molar-refractivity contribution in [3.8, 4) is 11.3 Å². The molecule has 29 heavy (non-hydrogen) atoms. The Balaban J connectivity index is 1.30. The third-order valence-corrected chi connectivity index (χ3v) is 6.26. The molecular weight excluding hydrogens is 412 g/mol. The molecule has 0 saturated carbocycles. The summed E-state index contributed by atoms with van der Waals surface area (Å²) >= 11 is 8.01. The smallest absolute Gasteiger partial charge is 0.407 e. The molecule has 2 aromatic rings. The SMILES string of the molecule is CSc1ccc(-c2cnc(C3CN(C(=O)CCC4COC(=O)N4)C3)cn2)c(Cl)c1. The molecule has 1 N–H and O–H groups in total. The average molecular weight is 433 g/mol. The molecule has 0 aliphatic carbocycles. The molecule has 2 saturated heterocycles. The van der Waals surface area contributed by atoms with Gasteiger partial charge in [-0.25, -0.2) is 4.79 Å². The van der Waals surface area contributed by atoms with E-state index < -0.39 is 6.09 Å². The Morgan fingerprint density at radius 3 is 2.79 bits per heavy atom. The molecule has 4 rings (SSSR count). The topological polar surface area (TPSA) is 84.4 Å². The second-order valence-electron chi connectivity index (χ2n) is 7.15. The summed E-state index contributed by atoms with van der Waals surface area (Å²) in [5, 5.41) is 3.34. The summed E-state index contributed by atoms with van der Waals surface area (Å²) in [7, 11) is 0. The number of aromatic nitrogens is 2. The van der Waals surface area contributed by atoms with Gasteiger partial charge in [0.15, 0.2) is 0 Å². The molecule has 7 nitrogen and oxygen atoms in total. The van der Waals surface area contributed by atoms with Crippen LogP contribution in [0, 0.1) is 0 Å². The lowest BCUT2D eigenvalue weighted by molar-refractivity contribution is -0.135. The molecule has 1 aromatic heterocycles. The first-order valence-corrected chi connectivity index (χ1v) is 11.0.